The molecule has 0 unspecified atom stereocenters. The molecule has 0 fully saturated rings. The van der Waals surface area contributed by atoms with Gasteiger partial charge in [0, 0.05) is 42.6 Å². The molecule has 0 amide bonds. The predicted octanol–water partition coefficient (Wildman–Crippen LogP) is 3.86. The number of dihydropyridines is 1. The molecule has 46 heavy (non-hydrogen) atoms. The van der Waals surface area contributed by atoms with Gasteiger partial charge in [0.1, 0.15) is 0 Å². The van der Waals surface area contributed by atoms with E-state index in [0.29, 0.717) is 56.3 Å². The van der Waals surface area contributed by atoms with Crippen molar-refractivity contribution in [2.75, 3.05) is 52.9 Å². The van der Waals surface area contributed by atoms with Crippen LogP contribution in [0.25, 0.3) is 0 Å². The van der Waals surface area contributed by atoms with Crippen molar-refractivity contribution in [2.45, 2.75) is 43.7 Å². The Hall–Kier alpha value is -3.86. The van der Waals surface area contributed by atoms with E-state index in [0.717, 1.165) is 24.2 Å². The number of esters is 2. The number of halogens is 3. The lowest BCUT2D eigenvalue weighted by molar-refractivity contribution is -0.140. The van der Waals surface area contributed by atoms with Crippen LogP contribution in [0.2, 0.25) is 0 Å². The Balaban J connectivity index is 0.00000116. The van der Waals surface area contributed by atoms with Crippen LogP contribution in [0, 0.1) is 0 Å². The summed E-state index contributed by atoms with van der Waals surface area (Å²) in [5, 5.41) is 18.7. The molecule has 256 valence electrons. The minimum atomic E-state index is -4.64. The summed E-state index contributed by atoms with van der Waals surface area (Å²) in [5.74, 6) is -5.24. The number of carbonyl (C=O) groups excluding carboxylic acids is 2. The summed E-state index contributed by atoms with van der Waals surface area (Å²) in [6.07, 6.45) is -0.675. The molecule has 1 aromatic rings. The van der Waals surface area contributed by atoms with Crippen LogP contribution in [-0.4, -0.2) is 87.0 Å². The van der Waals surface area contributed by atoms with E-state index in [2.05, 4.69) is 5.32 Å². The van der Waals surface area contributed by atoms with Crippen LogP contribution in [0.4, 0.5) is 13.2 Å². The standard InChI is InChI=1S/C26H35F3N2O6S.C4H4O4/c1-5-37-25(33)22-19(15-36-14-8-13-35-12-7-11-30)31-16(2)20(24(32)34-3)21(22)17-9-6-10-18(23(17)38-4)26(27,28)29;5-3(6)1-2-4(7)8/h6,9-10,21,31H,5,7-8,11-15,30H2,1-4H3;1-2H,(H,5,6)(H,7,8)/t21-;/m1./s1. The summed E-state index contributed by atoms with van der Waals surface area (Å²) < 4.78 is 63.2. The van der Waals surface area contributed by atoms with Crippen LogP contribution in [0.5, 0.6) is 0 Å². The first-order chi connectivity index (χ1) is 21.7. The van der Waals surface area contributed by atoms with Gasteiger partial charge in [-0.25, -0.2) is 19.2 Å². The van der Waals surface area contributed by atoms with Crippen LogP contribution in [0.15, 0.2) is 57.8 Å². The Morgan fingerprint density at radius 1 is 1.00 bits per heavy atom. The molecule has 5 N–H and O–H groups in total. The van der Waals surface area contributed by atoms with Crippen LogP contribution < -0.4 is 11.1 Å². The molecule has 1 aliphatic rings. The van der Waals surface area contributed by atoms with Crippen molar-refractivity contribution < 1.29 is 61.5 Å². The van der Waals surface area contributed by atoms with Gasteiger partial charge < -0.3 is 40.2 Å². The molecule has 1 aliphatic heterocycles. The van der Waals surface area contributed by atoms with E-state index in [1.165, 1.54) is 25.5 Å². The fraction of sp³-hybridized carbons (Fsp3) is 0.467. The zero-order valence-corrected chi connectivity index (χ0v) is 26.7. The number of benzene rings is 1. The second-order valence-electron chi connectivity index (χ2n) is 9.30. The lowest BCUT2D eigenvalue weighted by atomic mass is 9.79. The number of hydrogen-bond donors (Lipinski definition) is 4. The van der Waals surface area contributed by atoms with Crippen molar-refractivity contribution in [1.29, 1.82) is 0 Å². The minimum absolute atomic E-state index is 0.00771. The second kappa shape index (κ2) is 20.3. The highest BCUT2D eigenvalue weighted by molar-refractivity contribution is 7.98. The van der Waals surface area contributed by atoms with E-state index in [4.69, 9.17) is 34.9 Å². The summed E-state index contributed by atoms with van der Waals surface area (Å²) in [7, 11) is 1.17. The molecule has 0 aliphatic carbocycles. The lowest BCUT2D eigenvalue weighted by Crippen LogP contribution is -2.35. The Morgan fingerprint density at radius 3 is 2.13 bits per heavy atom. The highest BCUT2D eigenvalue weighted by Crippen LogP contribution is 2.46. The first kappa shape index (κ1) is 40.2. The Morgan fingerprint density at radius 2 is 1.61 bits per heavy atom. The van der Waals surface area contributed by atoms with Crippen molar-refractivity contribution >= 4 is 35.6 Å². The molecular formula is C30H39F3N2O10S. The average Bonchev–Trinajstić information content (AvgIpc) is 3.00. The second-order valence-corrected chi connectivity index (χ2v) is 10.1. The highest BCUT2D eigenvalue weighted by Gasteiger charge is 2.42. The molecule has 0 aromatic heterocycles. The lowest BCUT2D eigenvalue weighted by Gasteiger charge is -2.32. The van der Waals surface area contributed by atoms with E-state index < -0.39 is 41.5 Å². The van der Waals surface area contributed by atoms with Gasteiger partial charge in [0.05, 0.1) is 48.6 Å². The topological polar surface area (TPSA) is 184 Å². The average molecular weight is 677 g/mol. The maximum Gasteiger partial charge on any atom is 0.417 e. The molecule has 12 nitrogen and oxygen atoms in total. The molecule has 1 heterocycles. The third-order valence-electron chi connectivity index (χ3n) is 6.10. The molecule has 2 rings (SSSR count). The number of carboxylic acid groups (broad SMARTS) is 2. The van der Waals surface area contributed by atoms with Crippen molar-refractivity contribution in [3.8, 4) is 0 Å². The fourth-order valence-corrected chi connectivity index (χ4v) is 5.08. The summed E-state index contributed by atoms with van der Waals surface area (Å²) in [4.78, 5) is 45.2. The van der Waals surface area contributed by atoms with E-state index in [-0.39, 0.29) is 34.8 Å². The van der Waals surface area contributed by atoms with E-state index in [9.17, 15) is 32.3 Å². The number of methoxy groups -OCH3 is 1. The van der Waals surface area contributed by atoms with Crippen molar-refractivity contribution in [1.82, 2.24) is 5.32 Å². The smallest absolute Gasteiger partial charge is 0.417 e. The SMILES string of the molecule is CCOC(=O)C1=C(COCCCOCCCN)NC(C)=C(C(=O)OC)[C@H]1c1cccc(C(F)(F)F)c1SC.O=C(O)C=CC(=O)O. The molecule has 1 aromatic carbocycles. The van der Waals surface area contributed by atoms with E-state index in [1.807, 2.05) is 0 Å². The van der Waals surface area contributed by atoms with Gasteiger partial charge in [-0.05, 0) is 51.1 Å². The van der Waals surface area contributed by atoms with Gasteiger partial charge in [-0.1, -0.05) is 12.1 Å². The third kappa shape index (κ3) is 12.5. The maximum atomic E-state index is 13.9. The Bertz CT molecular complexity index is 1300. The zero-order chi connectivity index (χ0) is 34.9. The number of ether oxygens (including phenoxy) is 4. The highest BCUT2D eigenvalue weighted by atomic mass is 32.2. The van der Waals surface area contributed by atoms with Crippen molar-refractivity contribution in [3.05, 3.63) is 64.0 Å². The summed E-state index contributed by atoms with van der Waals surface area (Å²) in [5.41, 5.74) is 5.36. The van der Waals surface area contributed by atoms with Gasteiger partial charge in [-0.15, -0.1) is 11.8 Å². The number of rotatable bonds is 16. The van der Waals surface area contributed by atoms with Gasteiger partial charge in [-0.3, -0.25) is 0 Å². The number of allylic oxidation sites excluding steroid dienone is 1. The largest absolute Gasteiger partial charge is 0.478 e. The van der Waals surface area contributed by atoms with Crippen LogP contribution in [0.1, 0.15) is 43.7 Å². The Kier molecular flexibility index (Phi) is 17.7. The van der Waals surface area contributed by atoms with E-state index in [1.54, 1.807) is 13.8 Å². The van der Waals surface area contributed by atoms with E-state index >= 15 is 0 Å². The number of aliphatic carboxylic acids is 2. The Labute approximate surface area is 268 Å². The normalized spacial score (nSPS) is 14.8. The molecule has 0 bridgehead atoms. The molecule has 0 saturated carbocycles. The first-order valence-electron chi connectivity index (χ1n) is 13.9. The summed E-state index contributed by atoms with van der Waals surface area (Å²) >= 11 is 0.883. The summed E-state index contributed by atoms with van der Waals surface area (Å²) in [6.45, 7) is 5.03. The number of thioether (sulfide) groups is 1. The quantitative estimate of drug-likeness (QED) is 0.0858. The van der Waals surface area contributed by atoms with Crippen LogP contribution >= 0.6 is 11.8 Å². The predicted molar refractivity (Wildman–Crippen MR) is 162 cm³/mol. The molecular weight excluding hydrogens is 637 g/mol. The van der Waals surface area contributed by atoms with Crippen molar-refractivity contribution in [3.63, 3.8) is 0 Å². The monoisotopic (exact) mass is 676 g/mol. The van der Waals surface area contributed by atoms with Crippen LogP contribution in [-0.2, 0) is 44.3 Å². The number of alkyl halides is 3. The van der Waals surface area contributed by atoms with Crippen molar-refractivity contribution in [2.24, 2.45) is 5.73 Å². The number of carbonyl (C=O) groups is 4. The van der Waals surface area contributed by atoms with Gasteiger partial charge in [0.2, 0.25) is 0 Å². The van der Waals surface area contributed by atoms with Gasteiger partial charge in [0.25, 0.3) is 0 Å². The molecule has 0 spiro atoms. The van der Waals surface area contributed by atoms with Crippen LogP contribution in [0.3, 0.4) is 0 Å². The number of nitrogens with two attached hydrogens (primary N) is 1. The number of hydrogen-bond acceptors (Lipinski definition) is 11. The third-order valence-corrected chi connectivity index (χ3v) is 6.96. The number of carboxylic acids is 2. The molecule has 16 heteroatoms. The molecule has 0 saturated heterocycles. The van der Waals surface area contributed by atoms with Gasteiger partial charge in [0.15, 0.2) is 0 Å². The zero-order valence-electron chi connectivity index (χ0n) is 25.9. The molecule has 1 atom stereocenters. The summed E-state index contributed by atoms with van der Waals surface area (Å²) in [6, 6.07) is 3.70. The van der Waals surface area contributed by atoms with Gasteiger partial charge in [-0.2, -0.15) is 13.2 Å². The molecule has 0 radical (unpaired) electrons. The minimum Gasteiger partial charge on any atom is -0.478 e. The number of nitrogens with one attached hydrogen (secondary N) is 1. The van der Waals surface area contributed by atoms with Gasteiger partial charge >= 0.3 is 30.1 Å². The first-order valence-corrected chi connectivity index (χ1v) is 15.2. The maximum absolute atomic E-state index is 13.9. The fourth-order valence-electron chi connectivity index (χ4n) is 4.25.